The molecule has 0 amide bonds. The lowest BCUT2D eigenvalue weighted by molar-refractivity contribution is -0.286. The van der Waals surface area contributed by atoms with E-state index >= 15 is 0 Å². The molecule has 14 heteroatoms. The summed E-state index contributed by atoms with van der Waals surface area (Å²) < 4.78 is 85.4. The molecule has 1 fully saturated rings. The average Bonchev–Trinajstić information content (AvgIpc) is 3.50. The maximum atomic E-state index is 14.1. The second-order valence-corrected chi connectivity index (χ2v) is 11.2. The largest absolute Gasteiger partial charge is 0.586 e. The number of hydrogen-bond acceptors (Lipinski definition) is 7. The Kier molecular flexibility index (Phi) is 7.33. The van der Waals surface area contributed by atoms with Crippen molar-refractivity contribution in [3.05, 3.63) is 53.3 Å². The highest BCUT2D eigenvalue weighted by atomic mass is 19.4. The lowest BCUT2D eigenvalue weighted by atomic mass is 9.81. The van der Waals surface area contributed by atoms with Gasteiger partial charge in [-0.05, 0) is 75.1 Å². The number of fused-ring (bicyclic) bond motifs is 2. The molecule has 1 saturated carbocycles. The number of aromatic nitrogens is 3. The molecular formula is C29H29F5N4O5. The predicted octanol–water partition coefficient (Wildman–Crippen LogP) is 6.39. The molecule has 0 saturated heterocycles. The van der Waals surface area contributed by atoms with Crippen molar-refractivity contribution >= 4 is 11.8 Å². The number of carbonyl (C=O) groups is 1. The maximum Gasteiger partial charge on any atom is 0.586 e. The molecule has 0 radical (unpaired) electrons. The van der Waals surface area contributed by atoms with Gasteiger partial charge in [-0.1, -0.05) is 6.07 Å². The highest BCUT2D eigenvalue weighted by Crippen LogP contribution is 2.43. The Hall–Kier alpha value is -4.10. The van der Waals surface area contributed by atoms with Crippen molar-refractivity contribution in [1.29, 1.82) is 0 Å². The van der Waals surface area contributed by atoms with E-state index in [4.69, 9.17) is 4.74 Å². The van der Waals surface area contributed by atoms with Gasteiger partial charge >= 0.3 is 18.4 Å². The normalized spacial score (nSPS) is 21.8. The minimum Gasteiger partial charge on any atom is -0.481 e. The first-order valence-electron chi connectivity index (χ1n) is 14.1. The molecule has 3 aliphatic rings. The van der Waals surface area contributed by atoms with Crippen LogP contribution >= 0.6 is 0 Å². The van der Waals surface area contributed by atoms with Crippen molar-refractivity contribution in [2.45, 2.75) is 64.0 Å². The van der Waals surface area contributed by atoms with Crippen LogP contribution in [-0.2, 0) is 17.4 Å². The van der Waals surface area contributed by atoms with Gasteiger partial charge in [0.15, 0.2) is 17.2 Å². The Morgan fingerprint density at radius 3 is 2.60 bits per heavy atom. The average molecular weight is 609 g/mol. The van der Waals surface area contributed by atoms with E-state index in [0.29, 0.717) is 62.3 Å². The van der Waals surface area contributed by atoms with Crippen molar-refractivity contribution in [2.75, 3.05) is 18.0 Å². The number of pyridine rings is 1. The third-order valence-corrected chi connectivity index (χ3v) is 8.21. The monoisotopic (exact) mass is 608 g/mol. The van der Waals surface area contributed by atoms with Crippen molar-refractivity contribution in [2.24, 2.45) is 11.8 Å². The van der Waals surface area contributed by atoms with Crippen molar-refractivity contribution in [1.82, 2.24) is 14.8 Å². The predicted molar refractivity (Wildman–Crippen MR) is 142 cm³/mol. The highest BCUT2D eigenvalue weighted by molar-refractivity contribution is 5.70. The first-order chi connectivity index (χ1) is 20.4. The smallest absolute Gasteiger partial charge is 0.481 e. The lowest BCUT2D eigenvalue weighted by Gasteiger charge is -2.35. The van der Waals surface area contributed by atoms with Crippen LogP contribution in [0.25, 0.3) is 5.69 Å². The van der Waals surface area contributed by atoms with Gasteiger partial charge in [-0.25, -0.2) is 9.67 Å². The zero-order valence-electron chi connectivity index (χ0n) is 23.1. The number of rotatable bonds is 7. The molecule has 2 aliphatic heterocycles. The van der Waals surface area contributed by atoms with Crippen LogP contribution in [0.15, 0.2) is 36.5 Å². The number of anilines is 1. The summed E-state index contributed by atoms with van der Waals surface area (Å²) in [6, 6.07) is 7.27. The Morgan fingerprint density at radius 2 is 1.88 bits per heavy atom. The second-order valence-electron chi connectivity index (χ2n) is 11.2. The van der Waals surface area contributed by atoms with Crippen LogP contribution in [0, 0.1) is 11.8 Å². The third kappa shape index (κ3) is 5.91. The maximum absolute atomic E-state index is 14.1. The molecule has 6 rings (SSSR count). The Bertz CT molecular complexity index is 1520. The fourth-order valence-corrected chi connectivity index (χ4v) is 6.10. The van der Waals surface area contributed by atoms with Gasteiger partial charge in [-0.3, -0.25) is 4.79 Å². The summed E-state index contributed by atoms with van der Waals surface area (Å²) >= 11 is 0. The number of ether oxygens (including phenoxy) is 3. The fourth-order valence-electron chi connectivity index (χ4n) is 6.10. The number of benzene rings is 1. The van der Waals surface area contributed by atoms with Gasteiger partial charge in [0.25, 0.3) is 0 Å². The highest BCUT2D eigenvalue weighted by Gasteiger charge is 2.44. The number of carboxylic acids is 1. The molecule has 230 valence electrons. The van der Waals surface area contributed by atoms with Crippen LogP contribution in [0.2, 0.25) is 0 Å². The number of nitrogens with zero attached hydrogens (tertiary/aromatic N) is 4. The summed E-state index contributed by atoms with van der Waals surface area (Å²) in [5.41, 5.74) is -0.00276. The van der Waals surface area contributed by atoms with E-state index in [1.807, 2.05) is 4.90 Å². The van der Waals surface area contributed by atoms with E-state index in [1.165, 1.54) is 29.1 Å². The van der Waals surface area contributed by atoms with E-state index in [-0.39, 0.29) is 41.2 Å². The van der Waals surface area contributed by atoms with Gasteiger partial charge < -0.3 is 24.2 Å². The second kappa shape index (κ2) is 10.9. The Balaban J connectivity index is 1.27. The number of carboxylic acid groups (broad SMARTS) is 1. The number of hydrogen-bond donors (Lipinski definition) is 1. The molecule has 2 aromatic heterocycles. The molecule has 4 heterocycles. The number of aliphatic carboxylic acids is 1. The molecule has 0 spiro atoms. The molecule has 9 nitrogen and oxygen atoms in total. The van der Waals surface area contributed by atoms with Crippen LogP contribution in [0.5, 0.6) is 17.4 Å². The first kappa shape index (κ1) is 29.0. The molecular weight excluding hydrogens is 579 g/mol. The zero-order chi connectivity index (χ0) is 30.5. The molecule has 0 unspecified atom stereocenters. The van der Waals surface area contributed by atoms with Crippen LogP contribution < -0.4 is 19.1 Å². The summed E-state index contributed by atoms with van der Waals surface area (Å²) in [5.74, 6) is -0.828. The van der Waals surface area contributed by atoms with Crippen LogP contribution in [0.1, 0.15) is 62.0 Å². The van der Waals surface area contributed by atoms with Gasteiger partial charge in [0.05, 0.1) is 11.6 Å². The summed E-state index contributed by atoms with van der Waals surface area (Å²) in [6.45, 7) is 2.71. The van der Waals surface area contributed by atoms with Gasteiger partial charge in [0.1, 0.15) is 11.9 Å². The molecule has 1 aliphatic carbocycles. The summed E-state index contributed by atoms with van der Waals surface area (Å²) in [5, 5.41) is 13.4. The van der Waals surface area contributed by atoms with E-state index in [9.17, 15) is 31.9 Å². The first-order valence-corrected chi connectivity index (χ1v) is 14.1. The van der Waals surface area contributed by atoms with Crippen molar-refractivity contribution in [3.8, 4) is 23.1 Å². The van der Waals surface area contributed by atoms with Crippen LogP contribution in [0.4, 0.5) is 27.8 Å². The molecule has 1 N–H and O–H groups in total. The summed E-state index contributed by atoms with van der Waals surface area (Å²) in [6.07, 6.45) is -4.47. The zero-order valence-corrected chi connectivity index (χ0v) is 23.1. The van der Waals surface area contributed by atoms with E-state index in [0.717, 1.165) is 0 Å². The topological polar surface area (TPSA) is 98.9 Å². The fraction of sp³-hybridized carbons (Fsp3) is 0.483. The van der Waals surface area contributed by atoms with E-state index < -0.39 is 30.2 Å². The SMILES string of the molecule is C[C@H](Oc1cc(-n2nc(C(F)(F)F)c3c2N(CC2CCC(C(=O)O)CC2)CCC3)ccn1)c1ccc2c(c1)OC(F)(F)O2. The lowest BCUT2D eigenvalue weighted by Crippen LogP contribution is -2.37. The van der Waals surface area contributed by atoms with Crippen molar-refractivity contribution in [3.63, 3.8) is 0 Å². The Labute approximate surface area is 243 Å². The van der Waals surface area contributed by atoms with Gasteiger partial charge in [0, 0.05) is 30.9 Å². The minimum absolute atomic E-state index is 0.0974. The van der Waals surface area contributed by atoms with Gasteiger partial charge in [-0.15, -0.1) is 8.78 Å². The van der Waals surface area contributed by atoms with E-state index in [2.05, 4.69) is 19.6 Å². The number of halogens is 5. The minimum atomic E-state index is -4.66. The van der Waals surface area contributed by atoms with Gasteiger partial charge in [-0.2, -0.15) is 18.3 Å². The van der Waals surface area contributed by atoms with Crippen LogP contribution in [-0.4, -0.2) is 45.2 Å². The van der Waals surface area contributed by atoms with Gasteiger partial charge in [0.2, 0.25) is 5.88 Å². The summed E-state index contributed by atoms with van der Waals surface area (Å²) in [4.78, 5) is 17.5. The molecule has 3 aromatic rings. The van der Waals surface area contributed by atoms with Crippen molar-refractivity contribution < 1.29 is 46.1 Å². The summed E-state index contributed by atoms with van der Waals surface area (Å²) in [7, 11) is 0. The number of alkyl halides is 5. The van der Waals surface area contributed by atoms with E-state index in [1.54, 1.807) is 19.1 Å². The molecule has 1 aromatic carbocycles. The molecule has 43 heavy (non-hydrogen) atoms. The third-order valence-electron chi connectivity index (χ3n) is 8.21. The molecule has 1 atom stereocenters. The van der Waals surface area contributed by atoms with Crippen LogP contribution in [0.3, 0.4) is 0 Å². The quantitative estimate of drug-likeness (QED) is 0.308. The standard InChI is InChI=1S/C29H29F5N4O5/c1-16(19-8-9-22-23(13-19)43-29(33,34)42-22)41-24-14-20(10-11-35-24)38-26-21(25(36-38)28(30,31)32)3-2-12-37(26)15-17-4-6-18(7-5-17)27(39)40/h8-11,13-14,16-18H,2-7,12,15H2,1H3,(H,39,40)/t16-,17?,18?/m0/s1. The Morgan fingerprint density at radius 1 is 1.14 bits per heavy atom. The molecule has 0 bridgehead atoms.